The van der Waals surface area contributed by atoms with Gasteiger partial charge in [0, 0.05) is 19.6 Å². The molecule has 0 unspecified atom stereocenters. The van der Waals surface area contributed by atoms with Crippen LogP contribution in [-0.4, -0.2) is 110 Å². The average molecular weight is 814 g/mol. The van der Waals surface area contributed by atoms with E-state index in [0.717, 1.165) is 83.5 Å². The number of likely N-dealkylation sites (N-methyl/N-ethyl adjacent to an activating group) is 1. The molecule has 14 heteroatoms. The minimum Gasteiger partial charge on any atom is -0.375 e. The van der Waals surface area contributed by atoms with Crippen LogP contribution in [0.3, 0.4) is 0 Å². The second-order valence-corrected chi connectivity index (χ2v) is 19.7. The van der Waals surface area contributed by atoms with Gasteiger partial charge in [-0.2, -0.15) is 0 Å². The van der Waals surface area contributed by atoms with Crippen LogP contribution in [0.1, 0.15) is 136 Å². The fraction of sp³-hybridized carbons (Fsp3) is 0.886. The Morgan fingerprint density at radius 1 is 0.741 bits per heavy atom. The molecule has 6 rings (SSSR count). The SMILES string of the molecule is CCC[C@H]1C(=O)N[C@@H](C2CCCCCC2)C(=O)N[C@@H](CN)C(=O)N[C@@H](COC2CC3(CC(CN)C3)C2)C(=O)N[C@H](C)CO[C@H](CC2CC3(CCC3)C2)[C@@H](C)C(=O)N1C. The lowest BCUT2D eigenvalue weighted by Crippen LogP contribution is -2.62. The summed E-state index contributed by atoms with van der Waals surface area (Å²) in [5.74, 6) is -1.79. The fourth-order valence-corrected chi connectivity index (χ4v) is 11.4. The van der Waals surface area contributed by atoms with E-state index in [-0.39, 0.29) is 49.0 Å². The minimum atomic E-state index is -1.16. The third kappa shape index (κ3) is 10.5. The van der Waals surface area contributed by atoms with Gasteiger partial charge in [0.05, 0.1) is 31.3 Å². The summed E-state index contributed by atoms with van der Waals surface area (Å²) >= 11 is 0. The molecular formula is C44H75N7O7. The second kappa shape index (κ2) is 19.7. The molecule has 1 aliphatic heterocycles. The van der Waals surface area contributed by atoms with E-state index in [0.29, 0.717) is 36.6 Å². The Hall–Kier alpha value is -2.81. The van der Waals surface area contributed by atoms with E-state index in [1.165, 1.54) is 19.3 Å². The van der Waals surface area contributed by atoms with Crippen molar-refractivity contribution in [2.75, 3.05) is 33.4 Å². The molecule has 0 radical (unpaired) electrons. The topological polar surface area (TPSA) is 207 Å². The van der Waals surface area contributed by atoms with E-state index in [9.17, 15) is 24.0 Å². The average Bonchev–Trinajstić information content (AvgIpc) is 3.43. The molecule has 14 nitrogen and oxygen atoms in total. The predicted molar refractivity (Wildman–Crippen MR) is 221 cm³/mol. The number of nitrogens with two attached hydrogens (primary N) is 2. The van der Waals surface area contributed by atoms with Gasteiger partial charge >= 0.3 is 0 Å². The maximum absolute atomic E-state index is 14.4. The van der Waals surface area contributed by atoms with Crippen LogP contribution in [0.4, 0.5) is 0 Å². The molecule has 1 heterocycles. The number of amides is 5. The van der Waals surface area contributed by atoms with Crippen molar-refractivity contribution in [3.63, 3.8) is 0 Å². The lowest BCUT2D eigenvalue weighted by Gasteiger charge is -2.57. The van der Waals surface area contributed by atoms with Crippen molar-refractivity contribution >= 4 is 29.5 Å². The summed E-state index contributed by atoms with van der Waals surface area (Å²) in [5, 5.41) is 11.8. The highest BCUT2D eigenvalue weighted by atomic mass is 16.5. The normalized spacial score (nSPS) is 37.4. The van der Waals surface area contributed by atoms with Crippen molar-refractivity contribution in [1.29, 1.82) is 0 Å². The highest BCUT2D eigenvalue weighted by Crippen LogP contribution is 2.60. The lowest BCUT2D eigenvalue weighted by atomic mass is 9.51. The maximum atomic E-state index is 14.4. The van der Waals surface area contributed by atoms with Crippen molar-refractivity contribution in [3.05, 3.63) is 0 Å². The van der Waals surface area contributed by atoms with Gasteiger partial charge in [-0.3, -0.25) is 24.0 Å². The number of hydrogen-bond donors (Lipinski definition) is 6. The van der Waals surface area contributed by atoms with Crippen molar-refractivity contribution in [1.82, 2.24) is 26.2 Å². The standard InChI is InChI=1S/C44H75N7O7/c1-5-11-35-40(54)50-37(31-12-8-6-7-9-13-31)41(55)48-33(24-46)38(52)49-34(26-57-32-21-44(22-32)19-30(20-44)23-45)39(53)47-27(2)25-58-36(28(3)42(56)51(35)4)16-29-17-43(18-29)14-10-15-43/h27-37H,5-26,45-46H2,1-4H3,(H,47,53)(H,48,55)(H,49,52)(H,50,54)/t27-,28-,30?,32?,33+,34+,35+,36-,37+,44?/m1/s1. The molecule has 5 saturated carbocycles. The molecule has 1 saturated heterocycles. The number of carbonyl (C=O) groups excluding carboxylic acids is 5. The van der Waals surface area contributed by atoms with Gasteiger partial charge in [0.25, 0.3) is 0 Å². The van der Waals surface area contributed by atoms with Crippen molar-refractivity contribution in [3.8, 4) is 0 Å². The number of rotatable bonds is 10. The van der Waals surface area contributed by atoms with Gasteiger partial charge in [0.15, 0.2) is 0 Å². The Bertz CT molecular complexity index is 1430. The molecule has 2 spiro atoms. The third-order valence-electron chi connectivity index (χ3n) is 15.0. The molecule has 0 aromatic heterocycles. The van der Waals surface area contributed by atoms with Crippen LogP contribution in [0.5, 0.6) is 0 Å². The fourth-order valence-electron chi connectivity index (χ4n) is 11.4. The molecule has 5 amide bonds. The molecule has 58 heavy (non-hydrogen) atoms. The number of ether oxygens (including phenoxy) is 2. The van der Waals surface area contributed by atoms with Crippen molar-refractivity contribution in [2.24, 2.45) is 46.0 Å². The summed E-state index contributed by atoms with van der Waals surface area (Å²) in [6.45, 7) is 6.31. The van der Waals surface area contributed by atoms with Gasteiger partial charge < -0.3 is 47.1 Å². The molecule has 328 valence electrons. The van der Waals surface area contributed by atoms with Crippen LogP contribution in [0, 0.1) is 34.5 Å². The maximum Gasteiger partial charge on any atom is 0.245 e. The monoisotopic (exact) mass is 814 g/mol. The number of nitrogens with zero attached hydrogens (tertiary/aromatic N) is 1. The Kier molecular flexibility index (Phi) is 15.2. The Balaban J connectivity index is 1.24. The third-order valence-corrected chi connectivity index (χ3v) is 15.0. The molecule has 0 aromatic rings. The smallest absolute Gasteiger partial charge is 0.245 e. The molecular weight excluding hydrogens is 739 g/mol. The van der Waals surface area contributed by atoms with E-state index >= 15 is 0 Å². The summed E-state index contributed by atoms with van der Waals surface area (Å²) in [6.07, 6.45) is 16.9. The highest BCUT2D eigenvalue weighted by molar-refractivity contribution is 5.96. The summed E-state index contributed by atoms with van der Waals surface area (Å²) in [5.41, 5.74) is 12.7. The Labute approximate surface area is 346 Å². The molecule has 7 atom stereocenters. The Morgan fingerprint density at radius 2 is 1.38 bits per heavy atom. The molecule has 6 fully saturated rings. The summed E-state index contributed by atoms with van der Waals surface area (Å²) < 4.78 is 12.8. The predicted octanol–water partition coefficient (Wildman–Crippen LogP) is 3.04. The van der Waals surface area contributed by atoms with Gasteiger partial charge in [-0.05, 0) is 119 Å². The molecule has 6 aliphatic rings. The quantitative estimate of drug-likeness (QED) is 0.179. The summed E-state index contributed by atoms with van der Waals surface area (Å²) in [7, 11) is 1.68. The van der Waals surface area contributed by atoms with Gasteiger partial charge in [0.2, 0.25) is 29.5 Å². The van der Waals surface area contributed by atoms with Crippen LogP contribution < -0.4 is 32.7 Å². The van der Waals surface area contributed by atoms with Crippen molar-refractivity contribution in [2.45, 2.75) is 179 Å². The van der Waals surface area contributed by atoms with Gasteiger partial charge in [-0.25, -0.2) is 0 Å². The first kappa shape index (κ1) is 44.7. The minimum absolute atomic E-state index is 0.0184. The van der Waals surface area contributed by atoms with E-state index in [1.807, 2.05) is 20.8 Å². The molecule has 0 bridgehead atoms. The van der Waals surface area contributed by atoms with Crippen LogP contribution >= 0.6 is 0 Å². The van der Waals surface area contributed by atoms with Crippen LogP contribution in [-0.2, 0) is 33.4 Å². The Morgan fingerprint density at radius 3 is 1.98 bits per heavy atom. The van der Waals surface area contributed by atoms with E-state index < -0.39 is 60.0 Å². The number of carbonyl (C=O) groups is 5. The van der Waals surface area contributed by atoms with Crippen LogP contribution in [0.2, 0.25) is 0 Å². The molecule has 0 aromatic carbocycles. The lowest BCUT2D eigenvalue weighted by molar-refractivity contribution is -0.149. The zero-order chi connectivity index (χ0) is 41.6. The van der Waals surface area contributed by atoms with Crippen molar-refractivity contribution < 1.29 is 33.4 Å². The largest absolute Gasteiger partial charge is 0.375 e. The van der Waals surface area contributed by atoms with E-state index in [4.69, 9.17) is 20.9 Å². The number of nitrogens with one attached hydrogen (secondary N) is 4. The highest BCUT2D eigenvalue weighted by Gasteiger charge is 2.53. The first-order valence-corrected chi connectivity index (χ1v) is 22.9. The second-order valence-electron chi connectivity index (χ2n) is 19.7. The summed E-state index contributed by atoms with van der Waals surface area (Å²) in [6, 6.07) is -4.38. The number of hydrogen-bond acceptors (Lipinski definition) is 9. The summed E-state index contributed by atoms with van der Waals surface area (Å²) in [4.78, 5) is 72.4. The van der Waals surface area contributed by atoms with Gasteiger partial charge in [0.1, 0.15) is 24.2 Å². The molecule has 5 aliphatic carbocycles. The zero-order valence-electron chi connectivity index (χ0n) is 35.9. The first-order chi connectivity index (χ1) is 27.8. The van der Waals surface area contributed by atoms with E-state index in [2.05, 4.69) is 21.3 Å². The van der Waals surface area contributed by atoms with Gasteiger partial charge in [-0.1, -0.05) is 52.4 Å². The molecule has 8 N–H and O–H groups in total. The first-order valence-electron chi connectivity index (χ1n) is 22.9. The van der Waals surface area contributed by atoms with Crippen LogP contribution in [0.25, 0.3) is 0 Å². The van der Waals surface area contributed by atoms with Gasteiger partial charge in [-0.15, -0.1) is 0 Å². The van der Waals surface area contributed by atoms with E-state index in [1.54, 1.807) is 11.9 Å². The zero-order valence-corrected chi connectivity index (χ0v) is 35.9. The van der Waals surface area contributed by atoms with Crippen LogP contribution in [0.15, 0.2) is 0 Å².